The van der Waals surface area contributed by atoms with Crippen molar-refractivity contribution in [2.75, 3.05) is 43.3 Å². The van der Waals surface area contributed by atoms with Gasteiger partial charge >= 0.3 is 0 Å². The first-order valence-corrected chi connectivity index (χ1v) is 13.0. The summed E-state index contributed by atoms with van der Waals surface area (Å²) in [7, 11) is 0. The topological polar surface area (TPSA) is 142 Å². The fourth-order valence-electron chi connectivity index (χ4n) is 4.47. The molecule has 3 aromatic rings. The Balaban J connectivity index is 0.000000412. The number of hydrogen-bond donors (Lipinski definition) is 3. The van der Waals surface area contributed by atoms with Crippen LogP contribution in [-0.4, -0.2) is 88.0 Å². The van der Waals surface area contributed by atoms with Gasteiger partial charge in [-0.1, -0.05) is 0 Å². The number of carbonyl (C=O) groups is 1. The normalized spacial score (nSPS) is 24.8. The van der Waals surface area contributed by atoms with Gasteiger partial charge in [0.1, 0.15) is 41.7 Å². The summed E-state index contributed by atoms with van der Waals surface area (Å²) in [5.41, 5.74) is 7.38. The van der Waals surface area contributed by atoms with Crippen LogP contribution in [0.3, 0.4) is 0 Å². The molecule has 37 heavy (non-hydrogen) atoms. The molecule has 5 heterocycles. The van der Waals surface area contributed by atoms with Crippen molar-refractivity contribution in [3.63, 3.8) is 0 Å². The molecule has 2 unspecified atom stereocenters. The van der Waals surface area contributed by atoms with Crippen molar-refractivity contribution in [3.05, 3.63) is 47.7 Å². The highest BCUT2D eigenvalue weighted by molar-refractivity contribution is 7.99. The van der Waals surface area contributed by atoms with Gasteiger partial charge in [-0.15, -0.1) is 0 Å². The fourth-order valence-corrected chi connectivity index (χ4v) is 5.15. The molecule has 1 aromatic carbocycles. The number of aliphatic hydroxyl groups is 1. The zero-order valence-corrected chi connectivity index (χ0v) is 20.9. The number of anilines is 2. The molecule has 1 amide bonds. The lowest BCUT2D eigenvalue weighted by atomic mass is 10.1. The lowest BCUT2D eigenvalue weighted by Crippen LogP contribution is -2.34. The molecule has 3 saturated heterocycles. The molecule has 0 spiro atoms. The first-order chi connectivity index (χ1) is 17.9. The van der Waals surface area contributed by atoms with Crippen molar-refractivity contribution < 1.29 is 33.2 Å². The average molecular weight is 534 g/mol. The van der Waals surface area contributed by atoms with Crippen molar-refractivity contribution in [1.29, 1.82) is 0 Å². The van der Waals surface area contributed by atoms with Crippen molar-refractivity contribution >= 4 is 34.7 Å². The summed E-state index contributed by atoms with van der Waals surface area (Å²) in [6, 6.07) is 4.06. The van der Waals surface area contributed by atoms with E-state index in [1.54, 1.807) is 6.92 Å². The second-order valence-electron chi connectivity index (χ2n) is 8.74. The van der Waals surface area contributed by atoms with Crippen molar-refractivity contribution in [1.82, 2.24) is 14.6 Å². The van der Waals surface area contributed by atoms with Crippen LogP contribution in [0, 0.1) is 12.7 Å². The standard InChI is InChI=1S/C20H20FN5O5.C4H8OS/c1-9-11(19(22)28)5-26-16(9)20(23-8-24-26)25-12-3-2-10(21)4-14(12)31-15-7-30-17-13(27)6-29-18(15)17;1-3-6-4-2-5-1/h2-5,8,13,15,17-18,27H,6-7H2,1H3,(H2,22,28)(H,23,24,25);1-4H2/t13?,15?,17-,18-;/m1./s1. The van der Waals surface area contributed by atoms with Gasteiger partial charge in [0.25, 0.3) is 5.91 Å². The third-order valence-electron chi connectivity index (χ3n) is 6.29. The van der Waals surface area contributed by atoms with E-state index in [2.05, 4.69) is 15.4 Å². The van der Waals surface area contributed by atoms with E-state index in [9.17, 15) is 14.3 Å². The molecular formula is C24H28FN5O6S. The summed E-state index contributed by atoms with van der Waals surface area (Å²) in [5, 5.41) is 17.2. The second-order valence-corrected chi connectivity index (χ2v) is 9.97. The number of benzene rings is 1. The number of fused-ring (bicyclic) bond motifs is 2. The SMILES string of the molecule is C1CSCCO1.Cc1c(C(N)=O)cn2ncnc(Nc3ccc(F)cc3OC3CO[C@@H]4C(O)CO[C@H]34)c12. The molecule has 11 nitrogen and oxygen atoms in total. The van der Waals surface area contributed by atoms with Crippen LogP contribution in [0.15, 0.2) is 30.7 Å². The van der Waals surface area contributed by atoms with Gasteiger partial charge in [0.05, 0.1) is 37.7 Å². The van der Waals surface area contributed by atoms with Crippen molar-refractivity contribution in [3.8, 4) is 5.75 Å². The minimum absolute atomic E-state index is 0.165. The molecule has 4 N–H and O–H groups in total. The molecule has 0 aliphatic carbocycles. The number of nitrogens with two attached hydrogens (primary N) is 1. The molecule has 3 aliphatic heterocycles. The van der Waals surface area contributed by atoms with Crippen LogP contribution in [0.25, 0.3) is 5.52 Å². The van der Waals surface area contributed by atoms with Crippen molar-refractivity contribution in [2.45, 2.75) is 31.3 Å². The van der Waals surface area contributed by atoms with Crippen LogP contribution in [0.5, 0.6) is 5.75 Å². The summed E-state index contributed by atoms with van der Waals surface area (Å²) in [6.45, 7) is 4.04. The van der Waals surface area contributed by atoms with Gasteiger partial charge in [0.2, 0.25) is 0 Å². The van der Waals surface area contributed by atoms with E-state index in [-0.39, 0.29) is 19.0 Å². The molecule has 3 fully saturated rings. The molecule has 198 valence electrons. The Kier molecular flexibility index (Phi) is 7.76. The van der Waals surface area contributed by atoms with Crippen LogP contribution < -0.4 is 15.8 Å². The third kappa shape index (κ3) is 5.50. The number of hydrogen-bond acceptors (Lipinski definition) is 10. The predicted molar refractivity (Wildman–Crippen MR) is 134 cm³/mol. The van der Waals surface area contributed by atoms with E-state index in [1.807, 2.05) is 11.8 Å². The van der Waals surface area contributed by atoms with Crippen LogP contribution >= 0.6 is 11.8 Å². The molecule has 6 rings (SSSR count). The second kappa shape index (κ2) is 11.2. The van der Waals surface area contributed by atoms with Crippen molar-refractivity contribution in [2.24, 2.45) is 5.73 Å². The van der Waals surface area contributed by atoms with E-state index >= 15 is 0 Å². The lowest BCUT2D eigenvalue weighted by molar-refractivity contribution is 0.00871. The van der Waals surface area contributed by atoms with E-state index < -0.39 is 36.1 Å². The molecule has 4 atom stereocenters. The number of aromatic nitrogens is 3. The lowest BCUT2D eigenvalue weighted by Gasteiger charge is -2.20. The maximum absolute atomic E-state index is 14.0. The maximum atomic E-state index is 14.0. The van der Waals surface area contributed by atoms with Gasteiger partial charge in [0.15, 0.2) is 11.9 Å². The molecule has 0 saturated carbocycles. The minimum atomic E-state index is -0.713. The Bertz CT molecular complexity index is 1260. The fraction of sp³-hybridized carbons (Fsp3) is 0.458. The first kappa shape index (κ1) is 25.7. The molecule has 3 aliphatic rings. The van der Waals surface area contributed by atoms with Gasteiger partial charge in [0, 0.05) is 23.8 Å². The Morgan fingerprint density at radius 3 is 2.76 bits per heavy atom. The van der Waals surface area contributed by atoms with Crippen LogP contribution in [0.2, 0.25) is 0 Å². The summed E-state index contributed by atoms with van der Waals surface area (Å²) < 4.78 is 37.7. The first-order valence-electron chi connectivity index (χ1n) is 11.8. The highest BCUT2D eigenvalue weighted by atomic mass is 32.2. The summed E-state index contributed by atoms with van der Waals surface area (Å²) >= 11 is 1.97. The number of rotatable bonds is 5. The Hall–Kier alpha value is -2.97. The maximum Gasteiger partial charge on any atom is 0.250 e. The third-order valence-corrected chi connectivity index (χ3v) is 7.20. The summed E-state index contributed by atoms with van der Waals surface area (Å²) in [4.78, 5) is 16.0. The number of amides is 1. The quantitative estimate of drug-likeness (QED) is 0.443. The number of halogens is 1. The zero-order chi connectivity index (χ0) is 25.9. The molecule has 0 radical (unpaired) electrons. The van der Waals surface area contributed by atoms with Crippen LogP contribution in [-0.2, 0) is 14.2 Å². The molecular weight excluding hydrogens is 505 g/mol. The molecule has 13 heteroatoms. The highest BCUT2D eigenvalue weighted by Gasteiger charge is 2.48. The van der Waals surface area contributed by atoms with E-state index in [0.717, 1.165) is 13.2 Å². The number of thioether (sulfide) groups is 1. The summed E-state index contributed by atoms with van der Waals surface area (Å²) in [6.07, 6.45) is 0.726. The Labute approximate surface area is 216 Å². The van der Waals surface area contributed by atoms with Crippen LogP contribution in [0.4, 0.5) is 15.9 Å². The van der Waals surface area contributed by atoms with E-state index in [0.29, 0.717) is 28.1 Å². The number of carbonyl (C=O) groups excluding carboxylic acids is 1. The van der Waals surface area contributed by atoms with Gasteiger partial charge in [-0.25, -0.2) is 13.9 Å². The number of aryl methyl sites for hydroxylation is 1. The largest absolute Gasteiger partial charge is 0.483 e. The number of primary amides is 1. The van der Waals surface area contributed by atoms with E-state index in [1.165, 1.54) is 46.7 Å². The van der Waals surface area contributed by atoms with E-state index in [4.69, 9.17) is 24.7 Å². The zero-order valence-electron chi connectivity index (χ0n) is 20.1. The van der Waals surface area contributed by atoms with Gasteiger partial charge in [-0.3, -0.25) is 4.79 Å². The number of nitrogens with zero attached hydrogens (tertiary/aromatic N) is 3. The Morgan fingerprint density at radius 2 is 2.05 bits per heavy atom. The minimum Gasteiger partial charge on any atom is -0.483 e. The summed E-state index contributed by atoms with van der Waals surface area (Å²) in [5.74, 6) is 1.96. The van der Waals surface area contributed by atoms with Gasteiger partial charge < -0.3 is 35.1 Å². The number of ether oxygens (including phenoxy) is 4. The molecule has 2 aromatic heterocycles. The van der Waals surface area contributed by atoms with Gasteiger partial charge in [-0.2, -0.15) is 16.9 Å². The number of nitrogens with one attached hydrogen (secondary N) is 1. The average Bonchev–Trinajstić information content (AvgIpc) is 3.58. The Morgan fingerprint density at radius 1 is 1.27 bits per heavy atom. The highest BCUT2D eigenvalue weighted by Crippen LogP contribution is 2.35. The molecule has 0 bridgehead atoms. The smallest absolute Gasteiger partial charge is 0.250 e. The van der Waals surface area contributed by atoms with Gasteiger partial charge in [-0.05, 0) is 24.6 Å². The van der Waals surface area contributed by atoms with Crippen LogP contribution in [0.1, 0.15) is 15.9 Å². The monoisotopic (exact) mass is 533 g/mol. The number of aliphatic hydroxyl groups excluding tert-OH is 1. The predicted octanol–water partition coefficient (Wildman–Crippen LogP) is 1.68.